The van der Waals surface area contributed by atoms with Gasteiger partial charge in [0.05, 0.1) is 22.1 Å². The van der Waals surface area contributed by atoms with Crippen LogP contribution in [0.2, 0.25) is 0 Å². The topological polar surface area (TPSA) is 21.3 Å². The van der Waals surface area contributed by atoms with Gasteiger partial charge in [-0.25, -0.2) is 0 Å². The van der Waals surface area contributed by atoms with E-state index in [0.29, 0.717) is 0 Å². The minimum Gasteiger partial charge on any atom is -0.456 e. The molecule has 2 aromatic heterocycles. The molecule has 0 unspecified atom stereocenters. The number of benzene rings is 11. The maximum Gasteiger partial charge on any atom is 0.135 e. The van der Waals surface area contributed by atoms with Crippen molar-refractivity contribution in [3.05, 3.63) is 275 Å². The van der Waals surface area contributed by atoms with Crippen molar-refractivity contribution in [3.8, 4) is 50.2 Å². The third-order valence-electron chi connectivity index (χ3n) is 17.3. The number of aromatic nitrogens is 1. The molecule has 0 saturated carbocycles. The van der Waals surface area contributed by atoms with Gasteiger partial charge in [0.15, 0.2) is 0 Å². The van der Waals surface area contributed by atoms with Gasteiger partial charge in [0, 0.05) is 44.0 Å². The van der Waals surface area contributed by atoms with Crippen molar-refractivity contribution in [1.29, 1.82) is 0 Å². The molecule has 75 heavy (non-hydrogen) atoms. The fraction of sp³-hybridized carbons (Fsp3) is 0.0833. The Kier molecular flexibility index (Phi) is 8.58. The van der Waals surface area contributed by atoms with E-state index < -0.39 is 5.41 Å². The molecule has 1 spiro atoms. The maximum atomic E-state index is 6.20. The summed E-state index contributed by atoms with van der Waals surface area (Å²) >= 11 is 0. The van der Waals surface area contributed by atoms with Crippen LogP contribution >= 0.6 is 0 Å². The summed E-state index contributed by atoms with van der Waals surface area (Å²) in [5, 5.41) is 4.89. The first kappa shape index (κ1) is 42.3. The highest BCUT2D eigenvalue weighted by Gasteiger charge is 2.51. The quantitative estimate of drug-likeness (QED) is 0.171. The fourth-order valence-corrected chi connectivity index (χ4v) is 13.9. The molecule has 0 fully saturated rings. The van der Waals surface area contributed by atoms with E-state index in [1.165, 1.54) is 105 Å². The van der Waals surface area contributed by atoms with Crippen LogP contribution in [0.1, 0.15) is 58.4 Å². The minimum atomic E-state index is -0.524. The van der Waals surface area contributed by atoms with Gasteiger partial charge in [-0.15, -0.1) is 0 Å². The van der Waals surface area contributed by atoms with Crippen LogP contribution in [0.5, 0.6) is 0 Å². The van der Waals surface area contributed by atoms with Crippen LogP contribution in [0, 0.1) is 13.8 Å². The Hall–Kier alpha value is -9.18. The lowest BCUT2D eigenvalue weighted by Crippen LogP contribution is -2.33. The Labute approximate surface area is 436 Å². The van der Waals surface area contributed by atoms with E-state index in [0.717, 1.165) is 50.1 Å². The largest absolute Gasteiger partial charge is 0.456 e. The summed E-state index contributed by atoms with van der Waals surface area (Å²) in [6, 6.07) is 86.6. The van der Waals surface area contributed by atoms with Crippen molar-refractivity contribution < 1.29 is 4.42 Å². The van der Waals surface area contributed by atoms with Gasteiger partial charge in [-0.05, 0) is 177 Å². The highest BCUT2D eigenvalue weighted by molar-refractivity contribution is 6.13. The molecular formula is C72H50N2O. The van der Waals surface area contributed by atoms with Crippen molar-refractivity contribution >= 4 is 60.8 Å². The first-order chi connectivity index (χ1) is 36.7. The molecule has 0 bridgehead atoms. The summed E-state index contributed by atoms with van der Waals surface area (Å²) in [4.78, 5) is 2.43. The molecule has 16 rings (SSSR count). The highest BCUT2D eigenvalue weighted by Crippen LogP contribution is 2.62. The zero-order valence-electron chi connectivity index (χ0n) is 42.2. The van der Waals surface area contributed by atoms with Crippen molar-refractivity contribution in [1.82, 2.24) is 4.57 Å². The number of furan rings is 1. The molecule has 0 atom stereocenters. The number of rotatable bonds is 5. The van der Waals surface area contributed by atoms with Gasteiger partial charge in [0.2, 0.25) is 0 Å². The third kappa shape index (κ3) is 5.76. The van der Waals surface area contributed by atoms with Crippen LogP contribution in [0.3, 0.4) is 0 Å². The van der Waals surface area contributed by atoms with E-state index in [-0.39, 0.29) is 5.41 Å². The number of anilines is 3. The van der Waals surface area contributed by atoms with E-state index in [9.17, 15) is 0 Å². The molecule has 3 heteroatoms. The van der Waals surface area contributed by atoms with E-state index in [1.54, 1.807) is 0 Å². The lowest BCUT2D eigenvalue weighted by molar-refractivity contribution is 0.660. The number of hydrogen-bond acceptors (Lipinski definition) is 2. The molecule has 0 N–H and O–H groups in total. The second kappa shape index (κ2) is 15.2. The summed E-state index contributed by atoms with van der Waals surface area (Å²) in [5.41, 5.74) is 28.8. The fourth-order valence-electron chi connectivity index (χ4n) is 13.9. The molecule has 3 nitrogen and oxygen atoms in total. The molecule has 3 heterocycles. The summed E-state index contributed by atoms with van der Waals surface area (Å²) in [5.74, 6) is 0. The Bertz CT molecular complexity index is 4540. The number of aryl methyl sites for hydroxylation is 2. The van der Waals surface area contributed by atoms with Gasteiger partial charge in [-0.1, -0.05) is 171 Å². The lowest BCUT2D eigenvalue weighted by atomic mass is 9.65. The van der Waals surface area contributed by atoms with Crippen LogP contribution in [0.4, 0.5) is 17.1 Å². The predicted octanol–water partition coefficient (Wildman–Crippen LogP) is 19.1. The van der Waals surface area contributed by atoms with Crippen LogP contribution < -0.4 is 4.90 Å². The van der Waals surface area contributed by atoms with E-state index >= 15 is 0 Å². The van der Waals surface area contributed by atoms with Crippen LogP contribution in [-0.4, -0.2) is 4.57 Å². The molecule has 3 aliphatic rings. The summed E-state index contributed by atoms with van der Waals surface area (Å²) in [6.45, 7) is 9.21. The van der Waals surface area contributed by atoms with Gasteiger partial charge in [0.25, 0.3) is 0 Å². The van der Waals surface area contributed by atoms with Gasteiger partial charge >= 0.3 is 0 Å². The normalized spacial score (nSPS) is 14.1. The molecule has 0 amide bonds. The lowest BCUT2D eigenvalue weighted by Gasteiger charge is -2.40. The first-order valence-electron chi connectivity index (χ1n) is 26.3. The monoisotopic (exact) mass is 958 g/mol. The molecule has 0 radical (unpaired) electrons. The zero-order valence-corrected chi connectivity index (χ0v) is 42.2. The first-order valence-corrected chi connectivity index (χ1v) is 26.3. The van der Waals surface area contributed by atoms with Crippen LogP contribution in [0.15, 0.2) is 235 Å². The van der Waals surface area contributed by atoms with E-state index in [4.69, 9.17) is 4.42 Å². The van der Waals surface area contributed by atoms with E-state index in [1.807, 2.05) is 12.1 Å². The molecular weight excluding hydrogens is 909 g/mol. The predicted molar refractivity (Wildman–Crippen MR) is 312 cm³/mol. The Balaban J connectivity index is 0.857. The number of fused-ring (bicyclic) bond motifs is 18. The summed E-state index contributed by atoms with van der Waals surface area (Å²) in [6.07, 6.45) is 0. The van der Waals surface area contributed by atoms with Gasteiger partial charge in [0.1, 0.15) is 11.2 Å². The molecule has 354 valence electrons. The molecule has 0 saturated heterocycles. The number of para-hydroxylation sites is 1. The number of hydrogen-bond donors (Lipinski definition) is 0. The smallest absolute Gasteiger partial charge is 0.135 e. The second-order valence-electron chi connectivity index (χ2n) is 21.8. The summed E-state index contributed by atoms with van der Waals surface area (Å²) in [7, 11) is 0. The maximum absolute atomic E-state index is 6.20. The van der Waals surface area contributed by atoms with Crippen LogP contribution in [0.25, 0.3) is 93.9 Å². The second-order valence-corrected chi connectivity index (χ2v) is 21.8. The molecule has 2 aliphatic carbocycles. The van der Waals surface area contributed by atoms with Crippen molar-refractivity contribution in [2.24, 2.45) is 0 Å². The summed E-state index contributed by atoms with van der Waals surface area (Å²) < 4.78 is 8.76. The standard InChI is InChI=1S/C72H50N2O/c1-43-21-34-66-57(37-43)59-38-44(2)39-65-70(59)74(66)67-35-26-48(41-64(67)72(65)61-18-10-6-14-53(61)54-15-7-11-19-62(54)72)46-24-30-50(31-25-46)73(51-32-33-55-52-13-5-9-17-60(52)71(3,4)63(55)42-51)49-28-22-45(23-29-49)47-27-36-69-58(40-47)56-16-8-12-20-68(56)75-69/h5-42H,1-4H3. The van der Waals surface area contributed by atoms with E-state index in [2.05, 4.69) is 256 Å². The number of nitrogens with zero attached hydrogens (tertiary/aromatic N) is 2. The van der Waals surface area contributed by atoms with Crippen molar-refractivity contribution in [3.63, 3.8) is 0 Å². The molecule has 11 aromatic carbocycles. The molecule has 13 aromatic rings. The Morgan fingerprint density at radius 2 is 0.920 bits per heavy atom. The average molecular weight is 959 g/mol. The Morgan fingerprint density at radius 1 is 0.360 bits per heavy atom. The third-order valence-corrected chi connectivity index (χ3v) is 17.3. The molecule has 1 aliphatic heterocycles. The van der Waals surface area contributed by atoms with Gasteiger partial charge in [-0.3, -0.25) is 0 Å². The zero-order chi connectivity index (χ0) is 49.9. The van der Waals surface area contributed by atoms with Crippen molar-refractivity contribution in [2.75, 3.05) is 4.90 Å². The van der Waals surface area contributed by atoms with Gasteiger partial charge in [-0.2, -0.15) is 0 Å². The highest BCUT2D eigenvalue weighted by atomic mass is 16.3. The van der Waals surface area contributed by atoms with Crippen molar-refractivity contribution in [2.45, 2.75) is 38.5 Å². The average Bonchev–Trinajstić information content (AvgIpc) is 4.29. The Morgan fingerprint density at radius 3 is 1.64 bits per heavy atom. The SMILES string of the molecule is Cc1ccc2c(c1)c1cc(C)cc3c1n2-c1ccc(-c2ccc(N(c4ccc(-c5ccc6oc7ccccc7c6c5)cc4)c4ccc5c(c4)C(C)(C)c4ccccc4-5)cc2)cc1C31c2ccccc2-c2ccccc21. The minimum absolute atomic E-state index is 0.141. The van der Waals surface area contributed by atoms with Crippen LogP contribution in [-0.2, 0) is 10.8 Å². The van der Waals surface area contributed by atoms with Gasteiger partial charge < -0.3 is 13.9 Å².